The molecule has 10 heteroatoms. The molecule has 0 spiro atoms. The summed E-state index contributed by atoms with van der Waals surface area (Å²) in [6.07, 6.45) is 0.241. The number of carbonyl (C=O) groups excluding carboxylic acids is 2. The maximum Gasteiger partial charge on any atom is 0.264 e. The first-order valence-corrected chi connectivity index (χ1v) is 16.4. The zero-order chi connectivity index (χ0) is 31.7. The van der Waals surface area contributed by atoms with Crippen LogP contribution in [-0.2, 0) is 32.6 Å². The van der Waals surface area contributed by atoms with E-state index in [-0.39, 0.29) is 23.8 Å². The SMILES string of the molecule is CCNC(=O)[C@@H](Cc1ccccc1)N(Cc1cccc(OC)c1)C(=O)CN(c1ccc(Br)cc1)S(=O)(=O)c1ccc(C)cc1. The monoisotopic (exact) mass is 677 g/mol. The summed E-state index contributed by atoms with van der Waals surface area (Å²) in [6.45, 7) is 3.60. The van der Waals surface area contributed by atoms with E-state index in [0.29, 0.717) is 18.0 Å². The molecule has 0 aromatic heterocycles. The predicted octanol–water partition coefficient (Wildman–Crippen LogP) is 5.74. The second-order valence-electron chi connectivity index (χ2n) is 10.3. The van der Waals surface area contributed by atoms with Gasteiger partial charge in [0, 0.05) is 24.0 Å². The molecule has 0 heterocycles. The number of sulfonamides is 1. The van der Waals surface area contributed by atoms with Crippen molar-refractivity contribution in [3.05, 3.63) is 124 Å². The van der Waals surface area contributed by atoms with Crippen molar-refractivity contribution in [3.63, 3.8) is 0 Å². The summed E-state index contributed by atoms with van der Waals surface area (Å²) in [5.41, 5.74) is 2.83. The van der Waals surface area contributed by atoms with Crippen molar-refractivity contribution >= 4 is 43.5 Å². The predicted molar refractivity (Wildman–Crippen MR) is 176 cm³/mol. The molecule has 44 heavy (non-hydrogen) atoms. The number of hydrogen-bond acceptors (Lipinski definition) is 5. The van der Waals surface area contributed by atoms with Gasteiger partial charge in [0.25, 0.3) is 10.0 Å². The van der Waals surface area contributed by atoms with Crippen LogP contribution in [0.1, 0.15) is 23.6 Å². The molecule has 0 aliphatic rings. The molecular formula is C34H36BrN3O5S. The van der Waals surface area contributed by atoms with E-state index >= 15 is 0 Å². The van der Waals surface area contributed by atoms with Crippen molar-refractivity contribution in [3.8, 4) is 5.75 Å². The van der Waals surface area contributed by atoms with Crippen molar-refractivity contribution in [1.82, 2.24) is 10.2 Å². The third-order valence-corrected chi connectivity index (χ3v) is 9.43. The standard InChI is InChI=1S/C34H36BrN3O5S/c1-4-36-34(40)32(22-26-9-6-5-7-10-26)37(23-27-11-8-12-30(21-27)43-3)33(39)24-38(29-17-15-28(35)16-18-29)44(41,42)31-19-13-25(2)14-20-31/h5-21,32H,4,22-24H2,1-3H3,(H,36,40)/t32-/m1/s1. The van der Waals surface area contributed by atoms with Gasteiger partial charge in [-0.3, -0.25) is 13.9 Å². The molecule has 4 aromatic carbocycles. The van der Waals surface area contributed by atoms with Crippen LogP contribution in [0.25, 0.3) is 0 Å². The van der Waals surface area contributed by atoms with Gasteiger partial charge in [-0.25, -0.2) is 8.42 Å². The van der Waals surface area contributed by atoms with E-state index in [1.54, 1.807) is 55.6 Å². The van der Waals surface area contributed by atoms with Crippen LogP contribution in [0.5, 0.6) is 5.75 Å². The average molecular weight is 679 g/mol. The number of anilines is 1. The molecule has 0 bridgehead atoms. The van der Waals surface area contributed by atoms with E-state index < -0.39 is 28.5 Å². The number of nitrogens with one attached hydrogen (secondary N) is 1. The summed E-state index contributed by atoms with van der Waals surface area (Å²) in [5, 5.41) is 2.87. The van der Waals surface area contributed by atoms with E-state index in [2.05, 4.69) is 21.2 Å². The molecule has 230 valence electrons. The van der Waals surface area contributed by atoms with Crippen LogP contribution in [-0.4, -0.2) is 51.4 Å². The lowest BCUT2D eigenvalue weighted by Gasteiger charge is -2.34. The number of benzene rings is 4. The first kappa shape index (κ1) is 32.8. The Morgan fingerprint density at radius 1 is 0.886 bits per heavy atom. The number of aryl methyl sites for hydroxylation is 1. The van der Waals surface area contributed by atoms with E-state index in [1.165, 1.54) is 17.0 Å². The average Bonchev–Trinajstić information content (AvgIpc) is 3.02. The molecule has 0 saturated heterocycles. The molecule has 1 atom stereocenters. The van der Waals surface area contributed by atoms with E-state index in [4.69, 9.17) is 4.74 Å². The second kappa shape index (κ2) is 15.0. The lowest BCUT2D eigenvalue weighted by atomic mass is 10.0. The third kappa shape index (κ3) is 8.27. The van der Waals surface area contributed by atoms with Crippen molar-refractivity contribution in [1.29, 1.82) is 0 Å². The van der Waals surface area contributed by atoms with Gasteiger partial charge in [-0.05, 0) is 73.5 Å². The highest BCUT2D eigenvalue weighted by atomic mass is 79.9. The van der Waals surface area contributed by atoms with Crippen LogP contribution in [0.2, 0.25) is 0 Å². The number of halogens is 1. The highest BCUT2D eigenvalue weighted by molar-refractivity contribution is 9.10. The van der Waals surface area contributed by atoms with Crippen molar-refractivity contribution < 1.29 is 22.7 Å². The maximum atomic E-state index is 14.4. The smallest absolute Gasteiger partial charge is 0.264 e. The minimum Gasteiger partial charge on any atom is -0.497 e. The lowest BCUT2D eigenvalue weighted by Crippen LogP contribution is -2.53. The summed E-state index contributed by atoms with van der Waals surface area (Å²) in [6, 6.07) is 29.0. The molecule has 8 nitrogen and oxygen atoms in total. The van der Waals surface area contributed by atoms with E-state index in [9.17, 15) is 18.0 Å². The van der Waals surface area contributed by atoms with Gasteiger partial charge in [0.2, 0.25) is 11.8 Å². The number of hydrogen-bond donors (Lipinski definition) is 1. The molecule has 0 radical (unpaired) electrons. The molecule has 0 unspecified atom stereocenters. The molecule has 0 aliphatic carbocycles. The van der Waals surface area contributed by atoms with E-state index in [1.807, 2.05) is 56.3 Å². The summed E-state index contributed by atoms with van der Waals surface area (Å²) < 4.78 is 35.4. The Hall–Kier alpha value is -4.15. The number of carbonyl (C=O) groups is 2. The molecule has 4 aromatic rings. The Kier molecular flexibility index (Phi) is 11.2. The topological polar surface area (TPSA) is 96.0 Å². The van der Waals surface area contributed by atoms with Gasteiger partial charge in [-0.1, -0.05) is 76.1 Å². The number of rotatable bonds is 13. The second-order valence-corrected chi connectivity index (χ2v) is 13.1. The molecule has 1 N–H and O–H groups in total. The number of amides is 2. The molecule has 0 fully saturated rings. The van der Waals surface area contributed by atoms with E-state index in [0.717, 1.165) is 25.5 Å². The summed E-state index contributed by atoms with van der Waals surface area (Å²) in [5.74, 6) is -0.256. The van der Waals surface area contributed by atoms with Crippen LogP contribution in [0, 0.1) is 6.92 Å². The fourth-order valence-electron chi connectivity index (χ4n) is 4.79. The van der Waals surface area contributed by atoms with Crippen LogP contribution in [0.3, 0.4) is 0 Å². The Balaban J connectivity index is 1.80. The number of methoxy groups -OCH3 is 1. The molecular weight excluding hydrogens is 642 g/mol. The van der Waals surface area contributed by atoms with Crippen molar-refractivity contribution in [2.45, 2.75) is 37.8 Å². The number of ether oxygens (including phenoxy) is 1. The molecule has 4 rings (SSSR count). The fourth-order valence-corrected chi connectivity index (χ4v) is 6.47. The van der Waals surface area contributed by atoms with Crippen LogP contribution >= 0.6 is 15.9 Å². The third-order valence-electron chi connectivity index (χ3n) is 7.11. The largest absolute Gasteiger partial charge is 0.497 e. The van der Waals surface area contributed by atoms with Gasteiger partial charge in [0.15, 0.2) is 0 Å². The summed E-state index contributed by atoms with van der Waals surface area (Å²) >= 11 is 3.40. The van der Waals surface area contributed by atoms with Gasteiger partial charge in [-0.15, -0.1) is 0 Å². The molecule has 2 amide bonds. The zero-order valence-electron chi connectivity index (χ0n) is 24.9. The molecule has 0 aliphatic heterocycles. The van der Waals surface area contributed by atoms with Crippen LogP contribution < -0.4 is 14.4 Å². The first-order valence-electron chi connectivity index (χ1n) is 14.2. The number of nitrogens with zero attached hydrogens (tertiary/aromatic N) is 2. The fraction of sp³-hybridized carbons (Fsp3) is 0.235. The Morgan fingerprint density at radius 3 is 2.18 bits per heavy atom. The highest BCUT2D eigenvalue weighted by Crippen LogP contribution is 2.27. The highest BCUT2D eigenvalue weighted by Gasteiger charge is 2.34. The van der Waals surface area contributed by atoms with Gasteiger partial charge in [-0.2, -0.15) is 0 Å². The van der Waals surface area contributed by atoms with Gasteiger partial charge < -0.3 is 15.0 Å². The van der Waals surface area contributed by atoms with Gasteiger partial charge in [0.1, 0.15) is 18.3 Å². The lowest BCUT2D eigenvalue weighted by molar-refractivity contribution is -0.140. The Labute approximate surface area is 267 Å². The van der Waals surface area contributed by atoms with Crippen molar-refractivity contribution in [2.75, 3.05) is 24.5 Å². The van der Waals surface area contributed by atoms with Gasteiger partial charge >= 0.3 is 0 Å². The van der Waals surface area contributed by atoms with Gasteiger partial charge in [0.05, 0.1) is 17.7 Å². The maximum absolute atomic E-state index is 14.4. The van der Waals surface area contributed by atoms with Crippen LogP contribution in [0.15, 0.2) is 112 Å². The Morgan fingerprint density at radius 2 is 1.55 bits per heavy atom. The minimum atomic E-state index is -4.16. The summed E-state index contributed by atoms with van der Waals surface area (Å²) in [4.78, 5) is 29.5. The molecule has 0 saturated carbocycles. The Bertz CT molecular complexity index is 1660. The normalized spacial score (nSPS) is 11.8. The number of likely N-dealkylation sites (N-methyl/N-ethyl adjacent to an activating group) is 1. The van der Waals surface area contributed by atoms with Crippen LogP contribution in [0.4, 0.5) is 5.69 Å². The van der Waals surface area contributed by atoms with Crippen molar-refractivity contribution in [2.24, 2.45) is 0 Å². The minimum absolute atomic E-state index is 0.0581. The zero-order valence-corrected chi connectivity index (χ0v) is 27.3. The summed E-state index contributed by atoms with van der Waals surface area (Å²) in [7, 11) is -2.60. The first-order chi connectivity index (χ1) is 21.1. The quantitative estimate of drug-likeness (QED) is 0.195.